The van der Waals surface area contributed by atoms with Crippen molar-refractivity contribution in [2.24, 2.45) is 0 Å². The minimum atomic E-state index is -0.602. The molecule has 1 aliphatic rings. The van der Waals surface area contributed by atoms with E-state index in [4.69, 9.17) is 0 Å². The zero-order chi connectivity index (χ0) is 19.4. The van der Waals surface area contributed by atoms with Crippen LogP contribution in [-0.2, 0) is 16.1 Å². The first-order valence-corrected chi connectivity index (χ1v) is 9.72. The number of rotatable bonds is 6. The van der Waals surface area contributed by atoms with Crippen molar-refractivity contribution in [1.29, 1.82) is 0 Å². The van der Waals surface area contributed by atoms with Crippen LogP contribution in [0.1, 0.15) is 49.9 Å². The Morgan fingerprint density at radius 3 is 2.52 bits per heavy atom. The second kappa shape index (κ2) is 8.37. The van der Waals surface area contributed by atoms with Crippen LogP contribution in [0.15, 0.2) is 30.5 Å². The fraction of sp³-hybridized carbons (Fsp3) is 0.476. The van der Waals surface area contributed by atoms with Gasteiger partial charge in [0.05, 0.1) is 5.56 Å². The van der Waals surface area contributed by atoms with Gasteiger partial charge in [0.2, 0.25) is 5.91 Å². The summed E-state index contributed by atoms with van der Waals surface area (Å²) in [7, 11) is 0. The lowest BCUT2D eigenvalue weighted by molar-refractivity contribution is -0.132. The van der Waals surface area contributed by atoms with Crippen molar-refractivity contribution < 1.29 is 14.4 Å². The summed E-state index contributed by atoms with van der Waals surface area (Å²) in [5.74, 6) is -1.11. The van der Waals surface area contributed by atoms with Crippen LogP contribution in [-0.4, -0.2) is 46.2 Å². The van der Waals surface area contributed by atoms with Crippen molar-refractivity contribution in [3.05, 3.63) is 36.0 Å². The Kier molecular flexibility index (Phi) is 5.94. The molecule has 1 aromatic carbocycles. The number of nitrogens with zero attached hydrogens (tertiary/aromatic N) is 2. The number of fused-ring (bicyclic) bond motifs is 1. The van der Waals surface area contributed by atoms with E-state index in [2.05, 4.69) is 5.32 Å². The van der Waals surface area contributed by atoms with Crippen molar-refractivity contribution in [1.82, 2.24) is 14.8 Å². The highest BCUT2D eigenvalue weighted by Crippen LogP contribution is 2.22. The third-order valence-electron chi connectivity index (χ3n) is 5.24. The van der Waals surface area contributed by atoms with Gasteiger partial charge in [0.1, 0.15) is 6.54 Å². The third-order valence-corrected chi connectivity index (χ3v) is 5.24. The molecular formula is C21H27N3O3. The number of hydrogen-bond acceptors (Lipinski definition) is 3. The number of amides is 2. The van der Waals surface area contributed by atoms with E-state index in [0.29, 0.717) is 10.9 Å². The van der Waals surface area contributed by atoms with E-state index in [9.17, 15) is 14.4 Å². The molecule has 0 radical (unpaired) electrons. The van der Waals surface area contributed by atoms with Gasteiger partial charge in [-0.3, -0.25) is 14.4 Å². The van der Waals surface area contributed by atoms with E-state index in [1.54, 1.807) is 10.8 Å². The Morgan fingerprint density at radius 2 is 1.81 bits per heavy atom. The van der Waals surface area contributed by atoms with Gasteiger partial charge in [0.25, 0.3) is 11.7 Å². The lowest BCUT2D eigenvalue weighted by atomic mass is 10.1. The molecule has 0 aliphatic carbocycles. The molecule has 27 heavy (non-hydrogen) atoms. The molecule has 0 unspecified atom stereocenters. The summed E-state index contributed by atoms with van der Waals surface area (Å²) in [4.78, 5) is 39.5. The summed E-state index contributed by atoms with van der Waals surface area (Å²) in [5, 5.41) is 3.42. The zero-order valence-corrected chi connectivity index (χ0v) is 16.0. The fourth-order valence-corrected chi connectivity index (χ4v) is 3.46. The Bertz CT molecular complexity index is 849. The number of carbonyl (C=O) groups is 3. The summed E-state index contributed by atoms with van der Waals surface area (Å²) in [6, 6.07) is 7.35. The monoisotopic (exact) mass is 369 g/mol. The van der Waals surface area contributed by atoms with Crippen LogP contribution in [0.4, 0.5) is 0 Å². The first-order valence-electron chi connectivity index (χ1n) is 9.72. The fourth-order valence-electron chi connectivity index (χ4n) is 3.46. The van der Waals surface area contributed by atoms with Crippen LogP contribution in [0, 0.1) is 0 Å². The summed E-state index contributed by atoms with van der Waals surface area (Å²) >= 11 is 0. The average molecular weight is 369 g/mol. The number of Topliss-reactive ketones (excluding diaryl/α,β-unsaturated/α-hetero) is 1. The predicted octanol–water partition coefficient (Wildman–Crippen LogP) is 2.75. The Morgan fingerprint density at radius 1 is 1.11 bits per heavy atom. The Hall–Kier alpha value is -2.63. The van der Waals surface area contributed by atoms with Gasteiger partial charge in [-0.15, -0.1) is 0 Å². The first kappa shape index (κ1) is 19.1. The molecule has 2 heterocycles. The standard InChI is InChI=1S/C21H27N3O3/c1-3-15(2)22-21(27)20(26)17-13-24(18-10-6-5-9-16(17)18)14-19(25)23-11-7-4-8-12-23/h5-6,9-10,13,15H,3-4,7-8,11-12,14H2,1-2H3,(H,22,27)/t15-/m1/s1. The first-order chi connectivity index (χ1) is 13.0. The maximum atomic E-state index is 12.7. The topological polar surface area (TPSA) is 71.4 Å². The smallest absolute Gasteiger partial charge is 0.292 e. The third kappa shape index (κ3) is 4.21. The summed E-state index contributed by atoms with van der Waals surface area (Å²) in [5.41, 5.74) is 1.14. The Labute approximate surface area is 159 Å². The maximum absolute atomic E-state index is 12.7. The molecule has 0 spiro atoms. The van der Waals surface area contributed by atoms with E-state index < -0.39 is 11.7 Å². The zero-order valence-electron chi connectivity index (χ0n) is 16.0. The molecule has 144 valence electrons. The summed E-state index contributed by atoms with van der Waals surface area (Å²) in [6.45, 7) is 5.59. The van der Waals surface area contributed by atoms with Crippen molar-refractivity contribution >= 4 is 28.5 Å². The summed E-state index contributed by atoms with van der Waals surface area (Å²) in [6.07, 6.45) is 5.64. The maximum Gasteiger partial charge on any atom is 0.292 e. The van der Waals surface area contributed by atoms with Crippen LogP contribution >= 0.6 is 0 Å². The van der Waals surface area contributed by atoms with Crippen molar-refractivity contribution in [2.45, 2.75) is 52.1 Å². The second-order valence-electron chi connectivity index (χ2n) is 7.24. The molecule has 6 nitrogen and oxygen atoms in total. The highest BCUT2D eigenvalue weighted by atomic mass is 16.2. The molecule has 1 fully saturated rings. The van der Waals surface area contributed by atoms with Crippen LogP contribution in [0.2, 0.25) is 0 Å². The number of aromatic nitrogens is 1. The van der Waals surface area contributed by atoms with Gasteiger partial charge in [0, 0.05) is 36.2 Å². The van der Waals surface area contributed by atoms with Gasteiger partial charge in [-0.1, -0.05) is 25.1 Å². The number of para-hydroxylation sites is 1. The van der Waals surface area contributed by atoms with Gasteiger partial charge < -0.3 is 14.8 Å². The van der Waals surface area contributed by atoms with Gasteiger partial charge >= 0.3 is 0 Å². The van der Waals surface area contributed by atoms with E-state index in [0.717, 1.165) is 37.9 Å². The Balaban J connectivity index is 1.86. The quantitative estimate of drug-likeness (QED) is 0.629. The number of likely N-dealkylation sites (tertiary alicyclic amines) is 1. The van der Waals surface area contributed by atoms with E-state index in [1.165, 1.54) is 6.42 Å². The molecule has 1 atom stereocenters. The minimum Gasteiger partial charge on any atom is -0.347 e. The summed E-state index contributed by atoms with van der Waals surface area (Å²) < 4.78 is 1.79. The van der Waals surface area contributed by atoms with Gasteiger partial charge in [-0.2, -0.15) is 0 Å². The van der Waals surface area contributed by atoms with Crippen molar-refractivity contribution in [2.75, 3.05) is 13.1 Å². The minimum absolute atomic E-state index is 0.0542. The molecule has 1 saturated heterocycles. The normalized spacial score (nSPS) is 15.6. The molecule has 1 N–H and O–H groups in total. The van der Waals surface area contributed by atoms with Crippen LogP contribution in [0.3, 0.4) is 0 Å². The van der Waals surface area contributed by atoms with E-state index in [1.807, 2.05) is 43.0 Å². The van der Waals surface area contributed by atoms with Crippen LogP contribution in [0.25, 0.3) is 10.9 Å². The largest absolute Gasteiger partial charge is 0.347 e. The van der Waals surface area contributed by atoms with E-state index in [-0.39, 0.29) is 18.5 Å². The number of ketones is 1. The van der Waals surface area contributed by atoms with Gasteiger partial charge in [-0.05, 0) is 38.7 Å². The number of hydrogen-bond donors (Lipinski definition) is 1. The van der Waals surface area contributed by atoms with Crippen LogP contribution < -0.4 is 5.32 Å². The SMILES string of the molecule is CC[C@@H](C)NC(=O)C(=O)c1cn(CC(=O)N2CCCCC2)c2ccccc12. The van der Waals surface area contributed by atoms with E-state index >= 15 is 0 Å². The van der Waals surface area contributed by atoms with Crippen molar-refractivity contribution in [3.8, 4) is 0 Å². The lowest BCUT2D eigenvalue weighted by Crippen LogP contribution is -2.38. The second-order valence-corrected chi connectivity index (χ2v) is 7.24. The highest BCUT2D eigenvalue weighted by molar-refractivity contribution is 6.45. The molecule has 0 bridgehead atoms. The lowest BCUT2D eigenvalue weighted by Gasteiger charge is -2.27. The number of piperidine rings is 1. The molecular weight excluding hydrogens is 342 g/mol. The number of nitrogens with one attached hydrogen (secondary N) is 1. The molecule has 1 aromatic heterocycles. The predicted molar refractivity (Wildman–Crippen MR) is 105 cm³/mol. The molecule has 6 heteroatoms. The van der Waals surface area contributed by atoms with Gasteiger partial charge in [-0.25, -0.2) is 0 Å². The molecule has 3 rings (SSSR count). The molecule has 2 amide bonds. The molecule has 2 aromatic rings. The molecule has 0 saturated carbocycles. The van der Waals surface area contributed by atoms with Crippen molar-refractivity contribution in [3.63, 3.8) is 0 Å². The average Bonchev–Trinajstić information content (AvgIpc) is 3.06. The number of carbonyl (C=O) groups excluding carboxylic acids is 3. The van der Waals surface area contributed by atoms with Crippen LogP contribution in [0.5, 0.6) is 0 Å². The highest BCUT2D eigenvalue weighted by Gasteiger charge is 2.24. The van der Waals surface area contributed by atoms with Gasteiger partial charge in [0.15, 0.2) is 0 Å². The number of benzene rings is 1. The molecule has 1 aliphatic heterocycles.